The number of amides is 3. The van der Waals surface area contributed by atoms with Crippen molar-refractivity contribution in [3.8, 4) is 0 Å². The number of nitrogens with zero attached hydrogens (tertiary/aromatic N) is 3. The van der Waals surface area contributed by atoms with E-state index in [1.165, 1.54) is 9.80 Å². The van der Waals surface area contributed by atoms with Crippen molar-refractivity contribution in [3.63, 3.8) is 0 Å². The highest BCUT2D eigenvalue weighted by molar-refractivity contribution is 6.34. The summed E-state index contributed by atoms with van der Waals surface area (Å²) in [5, 5.41) is 10.3. The average molecular weight is 664 g/mol. The zero-order chi connectivity index (χ0) is 33.9. The van der Waals surface area contributed by atoms with Crippen LogP contribution in [-0.4, -0.2) is 89.1 Å². The first-order chi connectivity index (χ1) is 22.6. The van der Waals surface area contributed by atoms with Crippen molar-refractivity contribution in [2.45, 2.75) is 62.5 Å². The molecule has 2 aromatic carbocycles. The predicted molar refractivity (Wildman–Crippen MR) is 177 cm³/mol. The Balaban J connectivity index is 1.48. The lowest BCUT2D eigenvalue weighted by Crippen LogP contribution is -2.57. The van der Waals surface area contributed by atoms with E-state index in [4.69, 9.17) is 21.1 Å². The molecule has 10 nitrogen and oxygen atoms in total. The minimum absolute atomic E-state index is 0.116. The molecule has 11 heteroatoms. The molecule has 250 valence electrons. The number of hydrogen-bond donors (Lipinski definition) is 1. The largest absolute Gasteiger partial charge is 0.455 e. The number of likely N-dealkylation sites (tertiary alicyclic amines) is 1. The Morgan fingerprint density at radius 2 is 1.85 bits per heavy atom. The molecule has 0 aliphatic carbocycles. The number of halogens is 1. The third kappa shape index (κ3) is 6.22. The number of aliphatic hydroxyl groups is 1. The topological polar surface area (TPSA) is 117 Å². The number of carbonyl (C=O) groups excluding carboxylic acids is 4. The van der Waals surface area contributed by atoms with E-state index < -0.39 is 59.5 Å². The van der Waals surface area contributed by atoms with Crippen molar-refractivity contribution < 1.29 is 33.8 Å². The van der Waals surface area contributed by atoms with Crippen molar-refractivity contribution in [3.05, 3.63) is 90.5 Å². The second-order valence-corrected chi connectivity index (χ2v) is 12.7. The summed E-state index contributed by atoms with van der Waals surface area (Å²) in [5.74, 6) is -3.61. The van der Waals surface area contributed by atoms with E-state index in [2.05, 4.69) is 13.2 Å². The maximum Gasteiger partial charge on any atom is 0.313 e. The average Bonchev–Trinajstić information content (AvgIpc) is 3.72. The molecule has 3 saturated heterocycles. The number of likely N-dealkylation sites (N-methyl/N-ethyl adjacent to an activating group) is 1. The number of allylic oxidation sites excluding steroid dienone is 1. The summed E-state index contributed by atoms with van der Waals surface area (Å²) in [6.45, 7) is 8.93. The van der Waals surface area contributed by atoms with E-state index in [0.29, 0.717) is 35.5 Å². The van der Waals surface area contributed by atoms with Gasteiger partial charge in [-0.15, -0.1) is 13.2 Å². The Morgan fingerprint density at radius 1 is 1.15 bits per heavy atom. The lowest BCUT2D eigenvalue weighted by atomic mass is 9.70. The van der Waals surface area contributed by atoms with Gasteiger partial charge in [0.25, 0.3) is 5.91 Å². The number of ether oxygens (including phenoxy) is 2. The fourth-order valence-corrected chi connectivity index (χ4v) is 7.66. The Morgan fingerprint density at radius 3 is 2.51 bits per heavy atom. The van der Waals surface area contributed by atoms with Gasteiger partial charge >= 0.3 is 5.97 Å². The summed E-state index contributed by atoms with van der Waals surface area (Å²) in [7, 11) is 1.67. The van der Waals surface area contributed by atoms with Gasteiger partial charge in [-0.1, -0.05) is 66.2 Å². The summed E-state index contributed by atoms with van der Waals surface area (Å²) in [6.07, 6.45) is 3.38. The van der Waals surface area contributed by atoms with Crippen molar-refractivity contribution in [1.29, 1.82) is 0 Å². The number of benzene rings is 2. The van der Waals surface area contributed by atoms with Crippen LogP contribution in [-0.2, 0) is 28.7 Å². The molecule has 7 atom stereocenters. The monoisotopic (exact) mass is 663 g/mol. The Kier molecular flexibility index (Phi) is 10.5. The molecule has 3 aliphatic rings. The highest BCUT2D eigenvalue weighted by Crippen LogP contribution is 2.59. The van der Waals surface area contributed by atoms with Gasteiger partial charge < -0.3 is 29.3 Å². The molecule has 2 aromatic rings. The van der Waals surface area contributed by atoms with Gasteiger partial charge in [0.2, 0.25) is 11.8 Å². The minimum Gasteiger partial charge on any atom is -0.455 e. The van der Waals surface area contributed by atoms with Crippen molar-refractivity contribution in [1.82, 2.24) is 9.80 Å². The SMILES string of the molecule is C=CCCC(=O)N(C)[C@@H](C)[C@@H](OC(=O)[C@@H]1[C@@H]2CC[C@]3(O2)[C@H](C(=O)N(CC=C)c2ccccc2Cl)N(CCO)C(=O)[C@@H]13)c1ccccc1. The van der Waals surface area contributed by atoms with Crippen LogP contribution in [0, 0.1) is 11.8 Å². The van der Waals surface area contributed by atoms with E-state index in [1.807, 2.05) is 37.3 Å². The lowest BCUT2D eigenvalue weighted by molar-refractivity contribution is -0.164. The third-order valence-electron chi connectivity index (χ3n) is 9.74. The van der Waals surface area contributed by atoms with Crippen molar-refractivity contribution >= 4 is 41.0 Å². The number of rotatable bonds is 14. The van der Waals surface area contributed by atoms with Crippen LogP contribution in [0.25, 0.3) is 0 Å². The van der Waals surface area contributed by atoms with E-state index in [-0.39, 0.29) is 32.0 Å². The number of fused-ring (bicyclic) bond motifs is 1. The van der Waals surface area contributed by atoms with Crippen LogP contribution < -0.4 is 4.90 Å². The molecule has 0 aromatic heterocycles. The van der Waals surface area contributed by atoms with Crippen LogP contribution in [0.15, 0.2) is 79.9 Å². The number of aliphatic hydroxyl groups excluding tert-OH is 1. The molecule has 2 bridgehead atoms. The number of carbonyl (C=O) groups is 4. The maximum absolute atomic E-state index is 14.5. The Bertz CT molecular complexity index is 1520. The minimum atomic E-state index is -1.30. The first kappa shape index (κ1) is 34.3. The summed E-state index contributed by atoms with van der Waals surface area (Å²) in [6, 6.07) is 14.4. The summed E-state index contributed by atoms with van der Waals surface area (Å²) in [4.78, 5) is 60.3. The van der Waals surface area contributed by atoms with Crippen molar-refractivity contribution in [2.24, 2.45) is 11.8 Å². The van der Waals surface area contributed by atoms with Crippen LogP contribution in [0.5, 0.6) is 0 Å². The number of β-amino-alcohol motifs (C(OH)–C–C–N with tert-alkyl or cyclic N) is 1. The molecule has 0 radical (unpaired) electrons. The second kappa shape index (κ2) is 14.4. The van der Waals surface area contributed by atoms with Gasteiger partial charge in [0.05, 0.1) is 41.3 Å². The number of esters is 1. The van der Waals surface area contributed by atoms with Crippen molar-refractivity contribution in [2.75, 3.05) is 31.6 Å². The van der Waals surface area contributed by atoms with E-state index in [0.717, 1.165) is 0 Å². The van der Waals surface area contributed by atoms with Crippen LogP contribution in [0.3, 0.4) is 0 Å². The van der Waals surface area contributed by atoms with Gasteiger partial charge in [0.1, 0.15) is 17.7 Å². The molecule has 47 heavy (non-hydrogen) atoms. The van der Waals surface area contributed by atoms with E-state index in [1.54, 1.807) is 48.4 Å². The van der Waals surface area contributed by atoms with E-state index in [9.17, 15) is 24.3 Å². The molecule has 3 aliphatic heterocycles. The quantitative estimate of drug-likeness (QED) is 0.236. The molecule has 0 saturated carbocycles. The van der Waals surface area contributed by atoms with Crippen LogP contribution in [0.2, 0.25) is 5.02 Å². The molecule has 0 unspecified atom stereocenters. The molecule has 5 rings (SSSR count). The maximum atomic E-state index is 14.5. The van der Waals surface area contributed by atoms with Crippen LogP contribution in [0.1, 0.15) is 44.3 Å². The standard InChI is InChI=1S/C36H42ClN3O7/c1-5-7-17-28(42)38(4)23(3)31(24-13-9-8-10-14-24)46-35(45)29-27-18-19-36(47-27)30(29)33(43)40(21-22-41)32(36)34(44)39(20-6-2)26-16-12-11-15-25(26)37/h5-6,8-16,23,27,29-32,41H,1-2,7,17-22H2,3-4H3/t23-,27-,29+,30+,31+,32-,36+/m0/s1. The highest BCUT2D eigenvalue weighted by Gasteiger charge is 2.75. The fraction of sp³-hybridized carbons (Fsp3) is 0.444. The van der Waals surface area contributed by atoms with Gasteiger partial charge in [-0.05, 0) is 43.9 Å². The smallest absolute Gasteiger partial charge is 0.313 e. The molecular weight excluding hydrogens is 622 g/mol. The molecule has 1 N–H and O–H groups in total. The van der Waals surface area contributed by atoms with Gasteiger partial charge in [-0.25, -0.2) is 0 Å². The summed E-state index contributed by atoms with van der Waals surface area (Å²) < 4.78 is 12.8. The molecule has 3 amide bonds. The lowest BCUT2D eigenvalue weighted by Gasteiger charge is -2.37. The zero-order valence-electron chi connectivity index (χ0n) is 26.8. The zero-order valence-corrected chi connectivity index (χ0v) is 27.6. The Labute approximate surface area is 280 Å². The molecule has 1 spiro atoms. The molecular formula is C36H42ClN3O7. The number of para-hydroxylation sites is 1. The molecule has 3 fully saturated rings. The fourth-order valence-electron chi connectivity index (χ4n) is 7.43. The number of hydrogen-bond acceptors (Lipinski definition) is 7. The van der Waals surface area contributed by atoms with Gasteiger partial charge in [0, 0.05) is 26.6 Å². The first-order valence-electron chi connectivity index (χ1n) is 16.0. The molecule has 3 heterocycles. The van der Waals surface area contributed by atoms with Gasteiger partial charge in [-0.2, -0.15) is 0 Å². The number of anilines is 1. The van der Waals surface area contributed by atoms with Gasteiger partial charge in [0.15, 0.2) is 0 Å². The van der Waals surface area contributed by atoms with E-state index >= 15 is 0 Å². The summed E-state index contributed by atoms with van der Waals surface area (Å²) in [5.41, 5.74) is -0.155. The first-order valence-corrected chi connectivity index (χ1v) is 16.4. The third-order valence-corrected chi connectivity index (χ3v) is 10.1. The van der Waals surface area contributed by atoms with Crippen LogP contribution >= 0.6 is 11.6 Å². The summed E-state index contributed by atoms with van der Waals surface area (Å²) >= 11 is 6.51. The highest BCUT2D eigenvalue weighted by atomic mass is 35.5. The normalized spacial score (nSPS) is 25.5. The van der Waals surface area contributed by atoms with Gasteiger partial charge in [-0.3, -0.25) is 19.2 Å². The second-order valence-electron chi connectivity index (χ2n) is 12.3. The van der Waals surface area contributed by atoms with Crippen LogP contribution in [0.4, 0.5) is 5.69 Å². The predicted octanol–water partition coefficient (Wildman–Crippen LogP) is 4.32. The Hall–Kier alpha value is -3.99.